The summed E-state index contributed by atoms with van der Waals surface area (Å²) in [5.74, 6) is -2.04. The lowest BCUT2D eigenvalue weighted by Crippen LogP contribution is -2.33. The fourth-order valence-corrected chi connectivity index (χ4v) is 4.54. The van der Waals surface area contributed by atoms with Gasteiger partial charge in [0.05, 0.1) is 24.3 Å². The normalized spacial score (nSPS) is 11.4. The number of hydrogen-bond donors (Lipinski definition) is 2. The number of esters is 3. The Morgan fingerprint density at radius 1 is 0.653 bits per heavy atom. The van der Waals surface area contributed by atoms with E-state index in [0.29, 0.717) is 35.7 Å². The summed E-state index contributed by atoms with van der Waals surface area (Å²) < 4.78 is 70.3. The lowest BCUT2D eigenvalue weighted by atomic mass is 10.1. The molecule has 0 atom stereocenters. The molecule has 49 heavy (non-hydrogen) atoms. The number of nitrogens with two attached hydrogens (primary N) is 2. The van der Waals surface area contributed by atoms with Crippen LogP contribution in [0.25, 0.3) is 6.08 Å². The number of halogens is 4. The topological polar surface area (TPSA) is 140 Å². The Bertz CT molecular complexity index is 1510. The molecule has 9 nitrogen and oxygen atoms in total. The molecule has 0 aromatic heterocycles. The van der Waals surface area contributed by atoms with Crippen molar-refractivity contribution in [3.8, 4) is 11.5 Å². The highest BCUT2D eigenvalue weighted by atomic mass is 19.3. The largest absolute Gasteiger partial charge is 0.463 e. The van der Waals surface area contributed by atoms with Gasteiger partial charge in [-0.05, 0) is 79.1 Å². The summed E-state index contributed by atoms with van der Waals surface area (Å²) in [5, 5.41) is 0. The van der Waals surface area contributed by atoms with Crippen molar-refractivity contribution >= 4 is 35.4 Å². The number of unbranched alkanes of at least 4 members (excludes halogenated alkanes) is 8. The minimum Gasteiger partial charge on any atom is -0.463 e. The van der Waals surface area contributed by atoms with Gasteiger partial charge in [-0.25, -0.2) is 14.4 Å². The van der Waals surface area contributed by atoms with Gasteiger partial charge in [0.1, 0.15) is 11.5 Å². The molecule has 0 heterocycles. The van der Waals surface area contributed by atoms with Gasteiger partial charge in [-0.3, -0.25) is 0 Å². The zero-order chi connectivity index (χ0) is 35.6. The van der Waals surface area contributed by atoms with Crippen LogP contribution in [0.4, 0.5) is 28.9 Å². The van der Waals surface area contributed by atoms with Crippen LogP contribution in [0.3, 0.4) is 0 Å². The lowest BCUT2D eigenvalue weighted by molar-refractivity contribution is -0.253. The summed E-state index contributed by atoms with van der Waals surface area (Å²) >= 11 is 0. The van der Waals surface area contributed by atoms with Crippen LogP contribution < -0.4 is 20.9 Å². The van der Waals surface area contributed by atoms with E-state index in [1.165, 1.54) is 18.2 Å². The van der Waals surface area contributed by atoms with Gasteiger partial charge in [0.15, 0.2) is 0 Å². The predicted octanol–water partition coefficient (Wildman–Crippen LogP) is 8.23. The molecule has 0 aliphatic heterocycles. The van der Waals surface area contributed by atoms with Crippen molar-refractivity contribution in [1.29, 1.82) is 0 Å². The van der Waals surface area contributed by atoms with E-state index in [1.54, 1.807) is 36.4 Å². The number of rotatable bonds is 20. The van der Waals surface area contributed by atoms with E-state index in [2.05, 4.69) is 4.74 Å². The van der Waals surface area contributed by atoms with Crippen LogP contribution in [0.15, 0.2) is 72.8 Å². The zero-order valence-electron chi connectivity index (χ0n) is 26.9. The quantitative estimate of drug-likeness (QED) is 0.0300. The number of ether oxygens (including phenoxy) is 4. The van der Waals surface area contributed by atoms with E-state index in [4.69, 9.17) is 25.7 Å². The fraction of sp³-hybridized carbons (Fsp3) is 0.361. The van der Waals surface area contributed by atoms with Crippen LogP contribution >= 0.6 is 0 Å². The Kier molecular flexibility index (Phi) is 15.4. The van der Waals surface area contributed by atoms with E-state index in [0.717, 1.165) is 82.1 Å². The molecule has 264 valence electrons. The van der Waals surface area contributed by atoms with Crippen molar-refractivity contribution in [3.05, 3.63) is 89.5 Å². The Labute approximate surface area is 282 Å². The third-order valence-electron chi connectivity index (χ3n) is 7.08. The number of anilines is 2. The van der Waals surface area contributed by atoms with Crippen LogP contribution in [0, 0.1) is 0 Å². The second-order valence-corrected chi connectivity index (χ2v) is 11.2. The molecule has 0 spiro atoms. The highest BCUT2D eigenvalue weighted by Crippen LogP contribution is 2.28. The van der Waals surface area contributed by atoms with Crippen molar-refractivity contribution in [2.75, 3.05) is 24.7 Å². The Morgan fingerprint density at radius 3 is 1.71 bits per heavy atom. The van der Waals surface area contributed by atoms with E-state index in [9.17, 15) is 31.9 Å². The van der Waals surface area contributed by atoms with Crippen molar-refractivity contribution in [2.24, 2.45) is 0 Å². The van der Waals surface area contributed by atoms with Crippen molar-refractivity contribution < 1.29 is 50.9 Å². The average molecular weight is 689 g/mol. The van der Waals surface area contributed by atoms with E-state index < -0.39 is 36.2 Å². The Balaban J connectivity index is 1.20. The third kappa shape index (κ3) is 14.3. The van der Waals surface area contributed by atoms with Gasteiger partial charge in [-0.15, -0.1) is 0 Å². The zero-order valence-corrected chi connectivity index (χ0v) is 26.9. The van der Waals surface area contributed by atoms with Gasteiger partial charge >= 0.3 is 30.4 Å². The van der Waals surface area contributed by atoms with Gasteiger partial charge in [0.2, 0.25) is 0 Å². The minimum atomic E-state index is -4.65. The molecule has 0 saturated carbocycles. The Hall–Kier alpha value is -5.07. The molecule has 3 aromatic rings. The van der Waals surface area contributed by atoms with Gasteiger partial charge in [-0.2, -0.15) is 17.6 Å². The highest BCUT2D eigenvalue weighted by Gasteiger charge is 2.44. The molecular formula is C36H40F4N2O7. The van der Waals surface area contributed by atoms with E-state index in [1.807, 2.05) is 0 Å². The number of carbonyl (C=O) groups is 3. The maximum Gasteiger partial charge on any atom is 0.461 e. The Morgan fingerprint density at radius 2 is 1.16 bits per heavy atom. The molecule has 3 aromatic carbocycles. The summed E-state index contributed by atoms with van der Waals surface area (Å²) in [6.45, 7) is 0.675. The second kappa shape index (κ2) is 19.7. The minimum absolute atomic E-state index is 0.00777. The van der Waals surface area contributed by atoms with Crippen molar-refractivity contribution in [2.45, 2.75) is 70.3 Å². The van der Waals surface area contributed by atoms with Crippen molar-refractivity contribution in [1.82, 2.24) is 0 Å². The van der Waals surface area contributed by atoms with Gasteiger partial charge in [-0.1, -0.05) is 57.1 Å². The fourth-order valence-electron chi connectivity index (χ4n) is 4.54. The monoisotopic (exact) mass is 688 g/mol. The van der Waals surface area contributed by atoms with Gasteiger partial charge in [0.25, 0.3) is 0 Å². The molecule has 0 radical (unpaired) electrons. The van der Waals surface area contributed by atoms with E-state index in [-0.39, 0.29) is 11.3 Å². The molecule has 0 aliphatic carbocycles. The van der Waals surface area contributed by atoms with Crippen LogP contribution in [0.5, 0.6) is 11.5 Å². The highest BCUT2D eigenvalue weighted by molar-refractivity contribution is 5.92. The molecule has 0 bridgehead atoms. The second-order valence-electron chi connectivity index (χ2n) is 11.2. The first kappa shape index (κ1) is 38.4. The molecule has 0 amide bonds. The molecule has 0 fully saturated rings. The average Bonchev–Trinajstić information content (AvgIpc) is 3.06. The van der Waals surface area contributed by atoms with Gasteiger partial charge in [0, 0.05) is 17.5 Å². The summed E-state index contributed by atoms with van der Waals surface area (Å²) in [6, 6.07) is 15.0. The summed E-state index contributed by atoms with van der Waals surface area (Å²) in [7, 11) is 0. The number of alkyl halides is 4. The number of benzene rings is 3. The van der Waals surface area contributed by atoms with Crippen LogP contribution in [-0.2, 0) is 14.3 Å². The molecule has 3 rings (SSSR count). The summed E-state index contributed by atoms with van der Waals surface area (Å²) in [5.41, 5.74) is 13.3. The molecule has 0 aliphatic rings. The summed E-state index contributed by atoms with van der Waals surface area (Å²) in [4.78, 5) is 36.4. The number of carbonyl (C=O) groups excluding carboxylic acids is 3. The first-order valence-electron chi connectivity index (χ1n) is 15.9. The molecular weight excluding hydrogens is 648 g/mol. The first-order chi connectivity index (χ1) is 23.4. The molecule has 4 N–H and O–H groups in total. The first-order valence-corrected chi connectivity index (χ1v) is 15.9. The maximum atomic E-state index is 13.0. The molecule has 13 heteroatoms. The summed E-state index contributed by atoms with van der Waals surface area (Å²) in [6.07, 6.45) is 3.11. The van der Waals surface area contributed by atoms with Crippen molar-refractivity contribution in [3.63, 3.8) is 0 Å². The van der Waals surface area contributed by atoms with Crippen LogP contribution in [-0.4, -0.2) is 43.7 Å². The lowest BCUT2D eigenvalue weighted by Gasteiger charge is -2.16. The molecule has 0 saturated heterocycles. The number of nitrogen functional groups attached to an aromatic ring is 2. The van der Waals surface area contributed by atoms with E-state index >= 15 is 0 Å². The predicted molar refractivity (Wildman–Crippen MR) is 177 cm³/mol. The van der Waals surface area contributed by atoms with Crippen LogP contribution in [0.1, 0.15) is 84.1 Å². The number of hydrogen-bond acceptors (Lipinski definition) is 9. The maximum absolute atomic E-state index is 13.0. The van der Waals surface area contributed by atoms with Gasteiger partial charge < -0.3 is 30.4 Å². The van der Waals surface area contributed by atoms with Crippen LogP contribution in [0.2, 0.25) is 0 Å². The standard InChI is InChI=1S/C36H40F4N2O7/c37-35(38)36(39,40)49-31-17-13-26(14-18-31)34(45)48-30-15-10-25(11-16-30)12-19-32(43)46-20-8-6-4-2-1-3-5-7-9-21-47-33(44)27-22-28(41)24-29(42)23-27/h10-19,22-24,35H,1-9,20-21,41-42H2. The SMILES string of the molecule is Nc1cc(N)cc(C(=O)OCCCCCCCCCCCOC(=O)C=Cc2ccc(OC(=O)c3ccc(OC(F)(F)C(F)F)cc3)cc2)c1. The smallest absolute Gasteiger partial charge is 0.461 e. The third-order valence-corrected chi connectivity index (χ3v) is 7.08. The molecule has 0 unspecified atom stereocenters.